The monoisotopic (exact) mass is 230 g/mol. The number of thioether (sulfide) groups is 1. The normalized spacial score (nSPS) is 19.7. The number of nitrogens with one attached hydrogen (secondary N) is 1. The second-order valence-electron chi connectivity index (χ2n) is 3.58. The fourth-order valence-electron chi connectivity index (χ4n) is 1.21. The number of Topliss-reactive ketones (excluding diaryl/α,β-unsaturated/α-hetero) is 1. The molecule has 0 unspecified atom stereocenters. The van der Waals surface area contributed by atoms with E-state index in [4.69, 9.17) is 0 Å². The van der Waals surface area contributed by atoms with Crippen LogP contribution in [0, 0.1) is 16.0 Å². The SMILES string of the molecule is CC(C)C(=O)C(=C1NCCCS1)[N+](=O)[O-]. The molecule has 0 aliphatic carbocycles. The predicted molar refractivity (Wildman–Crippen MR) is 58.9 cm³/mol. The van der Waals surface area contributed by atoms with Crippen molar-refractivity contribution in [2.75, 3.05) is 12.3 Å². The van der Waals surface area contributed by atoms with Crippen LogP contribution in [-0.4, -0.2) is 23.0 Å². The summed E-state index contributed by atoms with van der Waals surface area (Å²) in [6.07, 6.45) is 0.967. The Kier molecular flexibility index (Phi) is 4.14. The van der Waals surface area contributed by atoms with Gasteiger partial charge in [0.25, 0.3) is 0 Å². The number of nitrogens with zero attached hydrogens (tertiary/aromatic N) is 1. The number of rotatable bonds is 3. The fourth-order valence-corrected chi connectivity index (χ4v) is 2.22. The minimum Gasteiger partial charge on any atom is -0.374 e. The van der Waals surface area contributed by atoms with Gasteiger partial charge in [-0.2, -0.15) is 0 Å². The van der Waals surface area contributed by atoms with Crippen LogP contribution in [0.15, 0.2) is 10.7 Å². The lowest BCUT2D eigenvalue weighted by Crippen LogP contribution is -2.27. The van der Waals surface area contributed by atoms with E-state index in [1.54, 1.807) is 13.8 Å². The zero-order valence-corrected chi connectivity index (χ0v) is 9.60. The molecule has 0 amide bonds. The molecule has 0 atom stereocenters. The third-order valence-electron chi connectivity index (χ3n) is 2.01. The van der Waals surface area contributed by atoms with Crippen molar-refractivity contribution in [1.82, 2.24) is 5.32 Å². The van der Waals surface area contributed by atoms with Crippen LogP contribution in [0.1, 0.15) is 20.3 Å². The van der Waals surface area contributed by atoms with Crippen LogP contribution >= 0.6 is 11.8 Å². The van der Waals surface area contributed by atoms with E-state index in [-0.39, 0.29) is 11.6 Å². The maximum absolute atomic E-state index is 11.6. The highest BCUT2D eigenvalue weighted by atomic mass is 32.2. The van der Waals surface area contributed by atoms with E-state index in [1.807, 2.05) is 0 Å². The summed E-state index contributed by atoms with van der Waals surface area (Å²) >= 11 is 1.35. The number of nitro groups is 1. The van der Waals surface area contributed by atoms with Gasteiger partial charge in [0.15, 0.2) is 5.03 Å². The van der Waals surface area contributed by atoms with Gasteiger partial charge in [-0.25, -0.2) is 0 Å². The number of hydrogen-bond donors (Lipinski definition) is 1. The summed E-state index contributed by atoms with van der Waals surface area (Å²) in [5.41, 5.74) is -0.283. The van der Waals surface area contributed by atoms with E-state index in [0.29, 0.717) is 11.6 Å². The van der Waals surface area contributed by atoms with Crippen LogP contribution in [0.5, 0.6) is 0 Å². The molecule has 5 nitrogen and oxygen atoms in total. The lowest BCUT2D eigenvalue weighted by molar-refractivity contribution is -0.420. The molecule has 0 saturated carbocycles. The second-order valence-corrected chi connectivity index (χ2v) is 4.69. The first kappa shape index (κ1) is 12.0. The summed E-state index contributed by atoms with van der Waals surface area (Å²) in [5.74, 6) is 0.0736. The average Bonchev–Trinajstić information content (AvgIpc) is 2.18. The highest BCUT2D eigenvalue weighted by Gasteiger charge is 2.30. The van der Waals surface area contributed by atoms with Crippen molar-refractivity contribution < 1.29 is 9.72 Å². The molecule has 1 saturated heterocycles. The van der Waals surface area contributed by atoms with Gasteiger partial charge in [-0.1, -0.05) is 13.8 Å². The van der Waals surface area contributed by atoms with Gasteiger partial charge in [-0.15, -0.1) is 11.8 Å². The van der Waals surface area contributed by atoms with Crippen molar-refractivity contribution in [3.63, 3.8) is 0 Å². The third-order valence-corrected chi connectivity index (χ3v) is 3.13. The van der Waals surface area contributed by atoms with Gasteiger partial charge in [-0.05, 0) is 6.42 Å². The first-order valence-electron chi connectivity index (χ1n) is 4.83. The van der Waals surface area contributed by atoms with Crippen LogP contribution in [0.25, 0.3) is 0 Å². The predicted octanol–water partition coefficient (Wildman–Crippen LogP) is 1.38. The zero-order chi connectivity index (χ0) is 11.4. The highest BCUT2D eigenvalue weighted by molar-refractivity contribution is 8.03. The van der Waals surface area contributed by atoms with E-state index in [2.05, 4.69) is 5.32 Å². The van der Waals surface area contributed by atoms with Crippen molar-refractivity contribution in [1.29, 1.82) is 0 Å². The fraction of sp³-hybridized carbons (Fsp3) is 0.667. The molecule has 6 heteroatoms. The van der Waals surface area contributed by atoms with Crippen molar-refractivity contribution in [2.24, 2.45) is 5.92 Å². The summed E-state index contributed by atoms with van der Waals surface area (Å²) < 4.78 is 0. The molecule has 15 heavy (non-hydrogen) atoms. The summed E-state index contributed by atoms with van der Waals surface area (Å²) in [7, 11) is 0. The molecule has 1 aliphatic heterocycles. The van der Waals surface area contributed by atoms with Crippen LogP contribution in [0.2, 0.25) is 0 Å². The van der Waals surface area contributed by atoms with Crippen molar-refractivity contribution in [2.45, 2.75) is 20.3 Å². The van der Waals surface area contributed by atoms with E-state index in [1.165, 1.54) is 11.8 Å². The summed E-state index contributed by atoms with van der Waals surface area (Å²) in [6, 6.07) is 0. The van der Waals surface area contributed by atoms with Crippen molar-refractivity contribution in [3.05, 3.63) is 20.8 Å². The molecule has 84 valence electrons. The Morgan fingerprint density at radius 3 is 2.67 bits per heavy atom. The van der Waals surface area contributed by atoms with Gasteiger partial charge in [0, 0.05) is 18.2 Å². The molecular weight excluding hydrogens is 216 g/mol. The smallest absolute Gasteiger partial charge is 0.341 e. The van der Waals surface area contributed by atoms with Gasteiger partial charge in [0.2, 0.25) is 5.78 Å². The number of hydrogen-bond acceptors (Lipinski definition) is 5. The van der Waals surface area contributed by atoms with Crippen LogP contribution < -0.4 is 5.32 Å². The lowest BCUT2D eigenvalue weighted by atomic mass is 10.1. The average molecular weight is 230 g/mol. The molecule has 1 N–H and O–H groups in total. The zero-order valence-electron chi connectivity index (χ0n) is 8.78. The molecule has 0 aromatic heterocycles. The van der Waals surface area contributed by atoms with E-state index >= 15 is 0 Å². The first-order chi connectivity index (χ1) is 7.04. The van der Waals surface area contributed by atoms with Gasteiger partial charge >= 0.3 is 5.70 Å². The number of ketones is 1. The van der Waals surface area contributed by atoms with Crippen molar-refractivity contribution >= 4 is 17.5 Å². The third kappa shape index (κ3) is 2.95. The summed E-state index contributed by atoms with van der Waals surface area (Å²) in [4.78, 5) is 21.9. The maximum Gasteiger partial charge on any atom is 0.341 e. The molecule has 1 fully saturated rings. The molecule has 0 aromatic carbocycles. The Morgan fingerprint density at radius 1 is 1.60 bits per heavy atom. The van der Waals surface area contributed by atoms with Crippen LogP contribution in [0.4, 0.5) is 0 Å². The molecular formula is C9H14N2O3S. The molecule has 0 aromatic rings. The highest BCUT2D eigenvalue weighted by Crippen LogP contribution is 2.24. The topological polar surface area (TPSA) is 72.2 Å². The largest absolute Gasteiger partial charge is 0.374 e. The van der Waals surface area contributed by atoms with Crippen LogP contribution in [-0.2, 0) is 4.79 Å². The molecule has 1 aliphatic rings. The molecule has 1 heterocycles. The molecule has 1 rings (SSSR count). The van der Waals surface area contributed by atoms with Gasteiger partial charge in [0.1, 0.15) is 0 Å². The second kappa shape index (κ2) is 5.16. The minimum atomic E-state index is -0.580. The Hall–Kier alpha value is -1.04. The number of carbonyl (C=O) groups excluding carboxylic acids is 1. The van der Waals surface area contributed by atoms with E-state index in [0.717, 1.165) is 12.2 Å². The molecule has 0 bridgehead atoms. The quantitative estimate of drug-likeness (QED) is 0.450. The molecule has 0 radical (unpaired) electrons. The Morgan fingerprint density at radius 2 is 2.27 bits per heavy atom. The lowest BCUT2D eigenvalue weighted by Gasteiger charge is -2.16. The minimum absolute atomic E-state index is 0.283. The van der Waals surface area contributed by atoms with Gasteiger partial charge in [-0.3, -0.25) is 14.9 Å². The van der Waals surface area contributed by atoms with Crippen LogP contribution in [0.3, 0.4) is 0 Å². The number of carbonyl (C=O) groups is 1. The maximum atomic E-state index is 11.6. The first-order valence-corrected chi connectivity index (χ1v) is 5.82. The van der Waals surface area contributed by atoms with Gasteiger partial charge < -0.3 is 5.32 Å². The summed E-state index contributed by atoms with van der Waals surface area (Å²) in [6.45, 7) is 4.03. The van der Waals surface area contributed by atoms with Crippen molar-refractivity contribution in [3.8, 4) is 0 Å². The van der Waals surface area contributed by atoms with E-state index < -0.39 is 10.7 Å². The standard InChI is InChI=1S/C9H14N2O3S/c1-6(2)8(12)7(11(13)14)9-10-4-3-5-15-9/h6,10H,3-5H2,1-2H3. The molecule has 0 spiro atoms. The Labute approximate surface area is 92.5 Å². The number of allylic oxidation sites excluding steroid dienone is 1. The van der Waals surface area contributed by atoms with E-state index in [9.17, 15) is 14.9 Å². The summed E-state index contributed by atoms with van der Waals surface area (Å²) in [5, 5.41) is 14.2. The van der Waals surface area contributed by atoms with Gasteiger partial charge in [0.05, 0.1) is 4.92 Å². The Bertz CT molecular complexity index is 304. The Balaban J connectivity index is 2.99.